The van der Waals surface area contributed by atoms with Crippen LogP contribution in [0, 0.1) is 11.8 Å². The lowest BCUT2D eigenvalue weighted by atomic mass is 10.0. The molecule has 2 aliphatic heterocycles. The van der Waals surface area contributed by atoms with E-state index >= 15 is 0 Å². The Bertz CT molecular complexity index is 2090. The third-order valence-corrected chi connectivity index (χ3v) is 12.2. The predicted molar refractivity (Wildman–Crippen MR) is 284 cm³/mol. The first kappa shape index (κ1) is 72.5. The lowest BCUT2D eigenvalue weighted by Crippen LogP contribution is -2.61. The zero-order chi connectivity index (χ0) is 56.2. The van der Waals surface area contributed by atoms with E-state index in [2.05, 4.69) is 44.7 Å². The summed E-state index contributed by atoms with van der Waals surface area (Å²) in [4.78, 5) is 87.5. The van der Waals surface area contributed by atoms with E-state index in [0.717, 1.165) is 0 Å². The summed E-state index contributed by atoms with van der Waals surface area (Å²) in [5.41, 5.74) is 4.83. The first-order valence-electron chi connectivity index (χ1n) is 22.1. The summed E-state index contributed by atoms with van der Waals surface area (Å²) >= 11 is 33.5. The first-order valence-corrected chi connectivity index (χ1v) is 28.5. The molecule has 5 amide bonds. The van der Waals surface area contributed by atoms with Crippen LogP contribution in [0.4, 0.5) is 4.79 Å². The zero-order valence-electron chi connectivity index (χ0n) is 41.3. The molecule has 73 heavy (non-hydrogen) atoms. The molecular weight excluding hydrogens is 1150 g/mol. The molecule has 6 atom stereocenters. The van der Waals surface area contributed by atoms with Crippen LogP contribution in [0.3, 0.4) is 0 Å². The number of carbonyl (C=O) groups is 7. The zero-order valence-corrected chi connectivity index (χ0v) is 48.3. The number of sulfonamides is 1. The molecule has 0 unspecified atom stereocenters. The van der Waals surface area contributed by atoms with Crippen LogP contribution in [-0.2, 0) is 62.1 Å². The molecule has 0 saturated carbocycles. The SMILES string of the molecule is C.C=CCS(=O)(=O)Cl.C=CCS(=O)(=O)N[C@H](C(=O)N[C@@H](C)C(=O)N1CCC[C@@H](C(=O)OCC(Cl)(Cl)Cl)N1)C(C)C.CC(C)[C@H](NC(=O)OC(C)(C)C)C(=O)N[C@@H](C)C(=O)N1CCC[C@@H](C(=O)OCC(Cl)(Cl)Cl)N1. The largest absolute Gasteiger partial charge is 0.460 e. The van der Waals surface area contributed by atoms with Crippen molar-refractivity contribution in [3.63, 3.8) is 0 Å². The van der Waals surface area contributed by atoms with Crippen molar-refractivity contribution in [2.75, 3.05) is 37.8 Å². The highest BCUT2D eigenvalue weighted by Gasteiger charge is 2.37. The van der Waals surface area contributed by atoms with E-state index in [9.17, 15) is 50.4 Å². The maximum absolute atomic E-state index is 12.8. The highest BCUT2D eigenvalue weighted by atomic mass is 35.7. The summed E-state index contributed by atoms with van der Waals surface area (Å²) < 4.78 is 57.8. The number of hydrogen-bond donors (Lipinski definition) is 6. The number of hydrazine groups is 2. The van der Waals surface area contributed by atoms with Crippen molar-refractivity contribution in [2.45, 2.75) is 145 Å². The van der Waals surface area contributed by atoms with Gasteiger partial charge in [0.15, 0.2) is 0 Å². The number of carbonyl (C=O) groups excluding carboxylic acids is 7. The lowest BCUT2D eigenvalue weighted by molar-refractivity contribution is -0.154. The number of nitrogens with one attached hydrogen (secondary N) is 6. The Hall–Kier alpha value is -2.62. The molecule has 0 aromatic rings. The van der Waals surface area contributed by atoms with Gasteiger partial charge in [-0.1, -0.05) is 117 Å². The van der Waals surface area contributed by atoms with Crippen LogP contribution in [0.15, 0.2) is 25.3 Å². The van der Waals surface area contributed by atoms with Gasteiger partial charge in [0.05, 0.1) is 11.5 Å². The van der Waals surface area contributed by atoms with Crippen LogP contribution in [0.25, 0.3) is 0 Å². The van der Waals surface area contributed by atoms with Crippen molar-refractivity contribution in [3.8, 4) is 0 Å². The number of ether oxygens (including phenoxy) is 3. The molecule has 22 nitrogen and oxygen atoms in total. The highest BCUT2D eigenvalue weighted by Crippen LogP contribution is 2.27. The van der Waals surface area contributed by atoms with Gasteiger partial charge in [-0.2, -0.15) is 0 Å². The maximum atomic E-state index is 12.8. The van der Waals surface area contributed by atoms with Crippen molar-refractivity contribution >= 4 is 141 Å². The second-order valence-electron chi connectivity index (χ2n) is 17.8. The summed E-state index contributed by atoms with van der Waals surface area (Å²) in [7, 11) is -2.33. The van der Waals surface area contributed by atoms with Crippen LogP contribution in [0.5, 0.6) is 0 Å². The van der Waals surface area contributed by atoms with Gasteiger partial charge in [0.25, 0.3) is 11.8 Å². The smallest absolute Gasteiger partial charge is 0.408 e. The van der Waals surface area contributed by atoms with Crippen molar-refractivity contribution in [1.82, 2.24) is 41.5 Å². The van der Waals surface area contributed by atoms with Crippen molar-refractivity contribution in [3.05, 3.63) is 25.3 Å². The molecule has 0 spiro atoms. The number of alkyl halides is 6. The second kappa shape index (κ2) is 32.8. The summed E-state index contributed by atoms with van der Waals surface area (Å²) in [6.45, 7) is 21.3. The number of halogens is 7. The number of esters is 2. The monoisotopic (exact) mass is 1220 g/mol. The van der Waals surface area contributed by atoms with E-state index in [1.165, 1.54) is 36.0 Å². The minimum atomic E-state index is -3.75. The van der Waals surface area contributed by atoms with Crippen LogP contribution >= 0.6 is 80.3 Å². The topological polar surface area (TPSA) is 294 Å². The van der Waals surface area contributed by atoms with Crippen molar-refractivity contribution < 1.29 is 64.6 Å². The minimum absolute atomic E-state index is 0. The predicted octanol–water partition coefficient (Wildman–Crippen LogP) is 4.86. The fourth-order valence-corrected chi connectivity index (χ4v) is 7.98. The number of nitrogens with zero attached hydrogens (tertiary/aromatic N) is 2. The molecule has 31 heteroatoms. The number of amides is 5. The Labute approximate surface area is 464 Å². The molecule has 424 valence electrons. The van der Waals surface area contributed by atoms with Gasteiger partial charge in [-0.25, -0.2) is 37.2 Å². The summed E-state index contributed by atoms with van der Waals surface area (Å²) in [6, 6.07) is -5.52. The molecular formula is C42H71Cl7N8O14S2. The third-order valence-electron chi connectivity index (χ3n) is 9.22. The molecule has 0 aliphatic carbocycles. The number of rotatable bonds is 19. The van der Waals surface area contributed by atoms with E-state index in [4.69, 9.17) is 94.5 Å². The Morgan fingerprint density at radius 1 is 0.658 bits per heavy atom. The normalized spacial score (nSPS) is 18.0. The molecule has 2 saturated heterocycles. The van der Waals surface area contributed by atoms with E-state index in [-0.39, 0.29) is 30.8 Å². The van der Waals surface area contributed by atoms with E-state index < -0.39 is 123 Å². The summed E-state index contributed by atoms with van der Waals surface area (Å²) in [5.74, 6) is -4.61. The fourth-order valence-electron chi connectivity index (χ4n) is 5.93. The number of hydrogen-bond acceptors (Lipinski definition) is 16. The highest BCUT2D eigenvalue weighted by molar-refractivity contribution is 8.13. The molecule has 0 aromatic heterocycles. The Balaban J connectivity index is 0. The molecule has 0 bridgehead atoms. The van der Waals surface area contributed by atoms with Crippen LogP contribution in [0.1, 0.15) is 95.4 Å². The van der Waals surface area contributed by atoms with Gasteiger partial charge in [0.2, 0.25) is 38.5 Å². The molecule has 6 N–H and O–H groups in total. The summed E-state index contributed by atoms with van der Waals surface area (Å²) in [6.07, 6.45) is 3.58. The Kier molecular flexibility index (Phi) is 32.6. The first-order chi connectivity index (χ1) is 32.7. The van der Waals surface area contributed by atoms with Crippen LogP contribution < -0.4 is 31.5 Å². The number of alkyl carbamates (subject to hydrolysis) is 1. The minimum Gasteiger partial charge on any atom is -0.460 e. The molecule has 0 aromatic carbocycles. The summed E-state index contributed by atoms with van der Waals surface area (Å²) in [5, 5.41) is 10.1. The second-order valence-corrected chi connectivity index (χ2v) is 27.5. The standard InChI is InChI=1S/C20H33Cl3N4O6.C18H29Cl3N4O6S.C3H5ClO2S.CH4/c1-11(2)14(25-18(31)33-19(4,5)6)15(28)24-12(3)16(29)27-9-7-8-13(26-27)17(30)32-10-20(21,22)23;1-5-9-32(29,30)24-14(11(2)3)15(26)22-12(4)16(27)25-8-6-7-13(23-25)17(28)31-10-18(19,20)21;1-2-3-7(4,5)6;/h11-14,26H,7-10H2,1-6H3,(H,24,28)(H,25,31);5,11-14,23-24H,1,6-10H2,2-4H3,(H,22,26);2H,1,3H2;1H4/t2*12-,13-,14-;;/m00../s1. The van der Waals surface area contributed by atoms with Crippen LogP contribution in [-0.4, -0.2) is 156 Å². The van der Waals surface area contributed by atoms with Gasteiger partial charge in [-0.05, 0) is 72.1 Å². The average molecular weight is 1220 g/mol. The maximum Gasteiger partial charge on any atom is 0.408 e. The molecule has 0 radical (unpaired) electrons. The van der Waals surface area contributed by atoms with E-state index in [1.54, 1.807) is 48.5 Å². The molecule has 2 aliphatic rings. The van der Waals surface area contributed by atoms with Gasteiger partial charge in [0, 0.05) is 23.8 Å². The van der Waals surface area contributed by atoms with E-state index in [0.29, 0.717) is 38.8 Å². The Morgan fingerprint density at radius 2 is 1.03 bits per heavy atom. The molecule has 2 rings (SSSR count). The van der Waals surface area contributed by atoms with Gasteiger partial charge < -0.3 is 30.2 Å². The van der Waals surface area contributed by atoms with Crippen molar-refractivity contribution in [1.29, 1.82) is 0 Å². The lowest BCUT2D eigenvalue weighted by Gasteiger charge is -2.34. The van der Waals surface area contributed by atoms with Gasteiger partial charge in [0.1, 0.15) is 55.1 Å². The molecule has 2 fully saturated rings. The third kappa shape index (κ3) is 31.9. The Morgan fingerprint density at radius 3 is 1.33 bits per heavy atom. The van der Waals surface area contributed by atoms with Gasteiger partial charge in [-0.15, -0.1) is 13.2 Å². The van der Waals surface area contributed by atoms with Crippen molar-refractivity contribution in [2.24, 2.45) is 11.8 Å². The average Bonchev–Trinajstić information content (AvgIpc) is 3.23. The molecule has 2 heterocycles. The van der Waals surface area contributed by atoms with Gasteiger partial charge in [-0.3, -0.25) is 38.8 Å². The quantitative estimate of drug-likeness (QED) is 0.0331. The van der Waals surface area contributed by atoms with E-state index in [1.807, 2.05) is 0 Å². The van der Waals surface area contributed by atoms with Crippen LogP contribution in [0.2, 0.25) is 0 Å². The van der Waals surface area contributed by atoms with Gasteiger partial charge >= 0.3 is 18.0 Å². The fraction of sp³-hybridized carbons (Fsp3) is 0.738.